The van der Waals surface area contributed by atoms with E-state index in [-0.39, 0.29) is 64.6 Å². The second-order valence-corrected chi connectivity index (χ2v) is 19.7. The average Bonchev–Trinajstić information content (AvgIpc) is 3.62. The molecule has 0 spiro atoms. The van der Waals surface area contributed by atoms with Crippen molar-refractivity contribution in [3.63, 3.8) is 0 Å². The standard InChI is InChI=1S/C51H87N13O20/c1-8-9-10-11-12-13-14-21-40(70)57-38(28-65)49(79)58-36(19-16-23-63(83)33(6)68)47(77)53-26-42(72)61-44(30(2)3)51(81)60-39(29-66)50(80)59-37(20-17-24-64(84)34(7)69)48(78)55-31(4)45(75)52-25-41(71)56-35(46(76)54-27-43(73)74)18-15-22-62(82)32(5)67/h13-14,30-31,35-39,44,65-66,82-84H,8-12,15-29H2,1-7H3,(H,52,75)(H,53,77)(H,54,76)(H,55,78)(H,56,71)(H,57,70)(H,58,79)(H,59,80)(H,60,81)(H,61,72)(H,73,74)/b14-13-/t31-,35?,36?,37?,38+,39+,44-/m1/s1. The van der Waals surface area contributed by atoms with Crippen molar-refractivity contribution >= 4 is 82.8 Å². The van der Waals surface area contributed by atoms with Gasteiger partial charge in [0.25, 0.3) is 0 Å². The van der Waals surface area contributed by atoms with Gasteiger partial charge in [-0.15, -0.1) is 0 Å². The molecule has 13 amide bonds. The summed E-state index contributed by atoms with van der Waals surface area (Å²) in [5, 5.41) is 82.6. The normalized spacial score (nSPS) is 13.4. The molecule has 0 bridgehead atoms. The van der Waals surface area contributed by atoms with Gasteiger partial charge in [0.2, 0.25) is 76.8 Å². The third-order valence-corrected chi connectivity index (χ3v) is 12.2. The van der Waals surface area contributed by atoms with E-state index in [4.69, 9.17) is 5.11 Å². The predicted molar refractivity (Wildman–Crippen MR) is 293 cm³/mol. The molecule has 16 N–H and O–H groups in total. The molecule has 84 heavy (non-hydrogen) atoms. The van der Waals surface area contributed by atoms with E-state index < -0.39 is 164 Å². The number of aliphatic carboxylic acids is 1. The van der Waals surface area contributed by atoms with Gasteiger partial charge in [-0.3, -0.25) is 82.7 Å². The number of rotatable bonds is 42. The van der Waals surface area contributed by atoms with E-state index in [0.29, 0.717) is 15.2 Å². The first-order valence-electron chi connectivity index (χ1n) is 27.4. The SMILES string of the molecule is CCCCCC/C=C\CC(=O)N[C@@H](CO)C(=O)NC(CCCN(O)C(C)=O)C(=O)NCC(=O)N[C@@H](C(=O)N[C@@H](CO)C(=O)NC(CCCN(O)C(C)=O)C(=O)N[C@H](C)C(=O)NCC(=O)NC(CCCN(O)C(C)=O)C(=O)NCC(=O)O)C(C)C. The number of hydrogen-bond acceptors (Lipinski definition) is 19. The molecule has 476 valence electrons. The number of carbonyl (C=O) groups is 14. The minimum atomic E-state index is -1.81. The van der Waals surface area contributed by atoms with Crippen molar-refractivity contribution < 1.29 is 98.1 Å². The number of aliphatic hydroxyl groups is 2. The maximum absolute atomic E-state index is 13.6. The van der Waals surface area contributed by atoms with Crippen molar-refractivity contribution in [2.75, 3.05) is 52.5 Å². The lowest BCUT2D eigenvalue weighted by atomic mass is 10.0. The number of amides is 13. The maximum atomic E-state index is 13.6. The molecule has 0 aliphatic rings. The number of allylic oxidation sites excluding steroid dienone is 1. The Balaban J connectivity index is 6.05. The molecule has 33 nitrogen and oxygen atoms in total. The lowest BCUT2D eigenvalue weighted by Crippen LogP contribution is -2.60. The summed E-state index contributed by atoms with van der Waals surface area (Å²) in [7, 11) is 0. The Kier molecular flexibility index (Phi) is 38.1. The van der Waals surface area contributed by atoms with Gasteiger partial charge >= 0.3 is 5.97 Å². The zero-order valence-corrected chi connectivity index (χ0v) is 48.7. The van der Waals surface area contributed by atoms with Crippen LogP contribution in [-0.4, -0.2) is 224 Å². The molecule has 7 atom stereocenters. The van der Waals surface area contributed by atoms with Crippen molar-refractivity contribution in [1.29, 1.82) is 0 Å². The number of carboxylic acid groups (broad SMARTS) is 1. The third kappa shape index (κ3) is 32.7. The smallest absolute Gasteiger partial charge is 0.322 e. The van der Waals surface area contributed by atoms with Crippen molar-refractivity contribution in [2.45, 2.75) is 168 Å². The average molecular weight is 1200 g/mol. The van der Waals surface area contributed by atoms with Gasteiger partial charge in [0.15, 0.2) is 0 Å². The molecule has 0 saturated heterocycles. The first kappa shape index (κ1) is 76.1. The van der Waals surface area contributed by atoms with Gasteiger partial charge in [-0.05, 0) is 64.2 Å². The first-order chi connectivity index (χ1) is 39.5. The topological polar surface area (TPSA) is 490 Å². The Hall–Kier alpha value is -7.88. The summed E-state index contributed by atoms with van der Waals surface area (Å²) in [6.45, 7) is 4.25. The fraction of sp³-hybridized carbons (Fsp3) is 0.686. The molecule has 0 heterocycles. The number of carbonyl (C=O) groups excluding carboxylic acids is 13. The summed E-state index contributed by atoms with van der Waals surface area (Å²) in [5.41, 5.74) is 0. The van der Waals surface area contributed by atoms with E-state index in [1.165, 1.54) is 20.8 Å². The highest BCUT2D eigenvalue weighted by Crippen LogP contribution is 2.08. The van der Waals surface area contributed by atoms with Gasteiger partial charge < -0.3 is 68.5 Å². The summed E-state index contributed by atoms with van der Waals surface area (Å²) in [6, 6.07) is -10.6. The molecule has 0 aromatic carbocycles. The van der Waals surface area contributed by atoms with E-state index in [2.05, 4.69) is 60.1 Å². The minimum absolute atomic E-state index is 0.0322. The largest absolute Gasteiger partial charge is 0.480 e. The van der Waals surface area contributed by atoms with Crippen LogP contribution in [0.5, 0.6) is 0 Å². The van der Waals surface area contributed by atoms with Crippen LogP contribution in [0, 0.1) is 5.92 Å². The second-order valence-electron chi connectivity index (χ2n) is 19.7. The van der Waals surface area contributed by atoms with Crippen LogP contribution in [0.15, 0.2) is 12.2 Å². The molecular weight excluding hydrogens is 1110 g/mol. The lowest BCUT2D eigenvalue weighted by molar-refractivity contribution is -0.163. The monoisotopic (exact) mass is 1200 g/mol. The molecule has 0 aromatic rings. The minimum Gasteiger partial charge on any atom is -0.480 e. The van der Waals surface area contributed by atoms with E-state index in [1.54, 1.807) is 6.08 Å². The Labute approximate surface area is 486 Å². The van der Waals surface area contributed by atoms with Crippen LogP contribution in [0.1, 0.15) is 126 Å². The number of nitrogens with one attached hydrogen (secondary N) is 10. The highest BCUT2D eigenvalue weighted by atomic mass is 16.5. The molecule has 33 heteroatoms. The van der Waals surface area contributed by atoms with Crippen LogP contribution in [-0.2, 0) is 67.1 Å². The number of nitrogens with zero attached hydrogens (tertiary/aromatic N) is 3. The van der Waals surface area contributed by atoms with Gasteiger partial charge in [-0.1, -0.05) is 52.2 Å². The predicted octanol–water partition coefficient (Wildman–Crippen LogP) is -4.56. The van der Waals surface area contributed by atoms with Crippen LogP contribution in [0.4, 0.5) is 0 Å². The van der Waals surface area contributed by atoms with Crippen molar-refractivity contribution in [3.05, 3.63) is 12.2 Å². The molecule has 0 radical (unpaired) electrons. The number of aliphatic hydroxyl groups excluding tert-OH is 2. The highest BCUT2D eigenvalue weighted by Gasteiger charge is 2.33. The highest BCUT2D eigenvalue weighted by molar-refractivity contribution is 5.98. The Morgan fingerprint density at radius 3 is 1.26 bits per heavy atom. The van der Waals surface area contributed by atoms with Crippen molar-refractivity contribution in [1.82, 2.24) is 68.4 Å². The molecule has 0 rings (SSSR count). The lowest BCUT2D eigenvalue weighted by Gasteiger charge is -2.27. The molecule has 0 aliphatic heterocycles. The van der Waals surface area contributed by atoms with Crippen LogP contribution in [0.3, 0.4) is 0 Å². The van der Waals surface area contributed by atoms with E-state index >= 15 is 0 Å². The van der Waals surface area contributed by atoms with Crippen LogP contribution < -0.4 is 53.2 Å². The summed E-state index contributed by atoms with van der Waals surface area (Å²) in [5.74, 6) is -13.9. The van der Waals surface area contributed by atoms with Gasteiger partial charge in [0.1, 0.15) is 48.8 Å². The number of hydroxylamine groups is 6. The van der Waals surface area contributed by atoms with Gasteiger partial charge in [0.05, 0.1) is 26.3 Å². The Bertz CT molecular complexity index is 2250. The number of hydrogen-bond donors (Lipinski definition) is 16. The van der Waals surface area contributed by atoms with Gasteiger partial charge in [-0.25, -0.2) is 15.2 Å². The Morgan fingerprint density at radius 1 is 0.429 bits per heavy atom. The summed E-state index contributed by atoms with van der Waals surface area (Å²) in [6.07, 6.45) is 7.23. The number of carboxylic acids is 1. The van der Waals surface area contributed by atoms with Crippen molar-refractivity contribution in [2.24, 2.45) is 5.92 Å². The van der Waals surface area contributed by atoms with Crippen LogP contribution in [0.25, 0.3) is 0 Å². The zero-order valence-electron chi connectivity index (χ0n) is 48.7. The van der Waals surface area contributed by atoms with E-state index in [1.807, 2.05) is 6.08 Å². The Morgan fingerprint density at radius 2 is 0.821 bits per heavy atom. The quantitative estimate of drug-likeness (QED) is 0.0118. The molecule has 3 unspecified atom stereocenters. The van der Waals surface area contributed by atoms with Gasteiger partial charge in [0, 0.05) is 46.8 Å². The zero-order chi connectivity index (χ0) is 64.1. The molecule has 0 aromatic heterocycles. The fourth-order valence-electron chi connectivity index (χ4n) is 7.34. The van der Waals surface area contributed by atoms with Crippen molar-refractivity contribution in [3.8, 4) is 0 Å². The first-order valence-corrected chi connectivity index (χ1v) is 27.4. The molecular formula is C51H87N13O20. The maximum Gasteiger partial charge on any atom is 0.322 e. The molecule has 0 saturated carbocycles. The van der Waals surface area contributed by atoms with Crippen LogP contribution >= 0.6 is 0 Å². The van der Waals surface area contributed by atoms with E-state index in [9.17, 15) is 93.0 Å². The summed E-state index contributed by atoms with van der Waals surface area (Å²) >= 11 is 0. The molecule has 0 aliphatic carbocycles. The van der Waals surface area contributed by atoms with Crippen LogP contribution in [0.2, 0.25) is 0 Å². The molecule has 0 fully saturated rings. The second kappa shape index (κ2) is 42.0. The summed E-state index contributed by atoms with van der Waals surface area (Å²) in [4.78, 5) is 177. The van der Waals surface area contributed by atoms with Gasteiger partial charge in [-0.2, -0.15) is 0 Å². The fourth-order valence-corrected chi connectivity index (χ4v) is 7.34. The number of unbranched alkanes of at least 4 members (excludes halogenated alkanes) is 4. The third-order valence-electron chi connectivity index (χ3n) is 12.2. The van der Waals surface area contributed by atoms with E-state index in [0.717, 1.165) is 52.9 Å². The summed E-state index contributed by atoms with van der Waals surface area (Å²) < 4.78 is 0.